The van der Waals surface area contributed by atoms with E-state index in [1.54, 1.807) is 6.07 Å². The van der Waals surface area contributed by atoms with Crippen molar-refractivity contribution in [3.05, 3.63) is 58.6 Å². The van der Waals surface area contributed by atoms with E-state index in [2.05, 4.69) is 4.98 Å². The number of benzene rings is 2. The fraction of sp³-hybridized carbons (Fsp3) is 0.263. The van der Waals surface area contributed by atoms with Crippen molar-refractivity contribution < 1.29 is 13.6 Å². The summed E-state index contributed by atoms with van der Waals surface area (Å²) < 4.78 is 27.5. The maximum atomic E-state index is 13.5. The van der Waals surface area contributed by atoms with Gasteiger partial charge in [0.2, 0.25) is 0 Å². The van der Waals surface area contributed by atoms with Crippen LogP contribution in [0.3, 0.4) is 0 Å². The van der Waals surface area contributed by atoms with E-state index in [1.807, 2.05) is 19.0 Å². The van der Waals surface area contributed by atoms with Crippen LogP contribution in [0.2, 0.25) is 5.02 Å². The van der Waals surface area contributed by atoms with Gasteiger partial charge in [0.1, 0.15) is 11.6 Å². The molecule has 1 heterocycles. The van der Waals surface area contributed by atoms with Crippen LogP contribution in [0.5, 0.6) is 0 Å². The quantitative estimate of drug-likeness (QED) is 0.519. The summed E-state index contributed by atoms with van der Waals surface area (Å²) in [5, 5.41) is 0.504. The molecule has 0 bridgehead atoms. The Morgan fingerprint density at radius 2 is 1.79 bits per heavy atom. The number of aromatic nitrogens is 1. The minimum atomic E-state index is -0.508. The Morgan fingerprint density at radius 3 is 2.46 bits per heavy atom. The summed E-state index contributed by atoms with van der Waals surface area (Å²) in [6.07, 6.45) is 0.710. The average molecular weight is 446 g/mol. The van der Waals surface area contributed by atoms with Gasteiger partial charge in [-0.1, -0.05) is 22.9 Å². The molecule has 0 aliphatic carbocycles. The second-order valence-corrected chi connectivity index (χ2v) is 7.76. The first-order valence-corrected chi connectivity index (χ1v) is 9.52. The van der Waals surface area contributed by atoms with Crippen LogP contribution in [0.1, 0.15) is 16.8 Å². The van der Waals surface area contributed by atoms with Crippen LogP contribution in [-0.2, 0) is 0 Å². The van der Waals surface area contributed by atoms with Gasteiger partial charge in [-0.2, -0.15) is 0 Å². The van der Waals surface area contributed by atoms with Gasteiger partial charge in [0.15, 0.2) is 5.13 Å². The van der Waals surface area contributed by atoms with Crippen LogP contribution in [0, 0.1) is 11.6 Å². The van der Waals surface area contributed by atoms with Crippen LogP contribution >= 0.6 is 35.3 Å². The van der Waals surface area contributed by atoms with Crippen LogP contribution in [-0.4, -0.2) is 43.0 Å². The van der Waals surface area contributed by atoms with Crippen LogP contribution in [0.15, 0.2) is 36.4 Å². The molecule has 0 atom stereocenters. The summed E-state index contributed by atoms with van der Waals surface area (Å²) in [4.78, 5) is 21.1. The van der Waals surface area contributed by atoms with E-state index >= 15 is 0 Å². The lowest BCUT2D eigenvalue weighted by Crippen LogP contribution is -2.33. The average Bonchev–Trinajstić information content (AvgIpc) is 3.00. The Labute approximate surface area is 177 Å². The van der Waals surface area contributed by atoms with Gasteiger partial charge < -0.3 is 4.90 Å². The molecule has 1 amide bonds. The highest BCUT2D eigenvalue weighted by Crippen LogP contribution is 2.31. The first-order chi connectivity index (χ1) is 12.8. The molecule has 150 valence electrons. The largest absolute Gasteiger partial charge is 0.309 e. The summed E-state index contributed by atoms with van der Waals surface area (Å²) in [5.74, 6) is -1.23. The number of anilines is 1. The zero-order valence-electron chi connectivity index (χ0n) is 15.3. The predicted octanol–water partition coefficient (Wildman–Crippen LogP) is 5.25. The van der Waals surface area contributed by atoms with Crippen molar-refractivity contribution >= 4 is 56.6 Å². The van der Waals surface area contributed by atoms with Gasteiger partial charge >= 0.3 is 0 Å². The molecule has 0 N–H and O–H groups in total. The van der Waals surface area contributed by atoms with Gasteiger partial charge in [0.05, 0.1) is 20.8 Å². The van der Waals surface area contributed by atoms with E-state index in [0.29, 0.717) is 28.3 Å². The van der Waals surface area contributed by atoms with E-state index in [1.165, 1.54) is 40.5 Å². The highest BCUT2D eigenvalue weighted by molar-refractivity contribution is 7.22. The lowest BCUT2D eigenvalue weighted by molar-refractivity contribution is 0.0986. The number of nitrogens with zero attached hydrogens (tertiary/aromatic N) is 3. The molecule has 0 saturated heterocycles. The smallest absolute Gasteiger partial charge is 0.261 e. The molecule has 0 unspecified atom stereocenters. The van der Waals surface area contributed by atoms with Gasteiger partial charge in [-0.15, -0.1) is 12.4 Å². The number of carbonyl (C=O) groups excluding carboxylic acids is 1. The molecule has 0 radical (unpaired) electrons. The number of carbonyl (C=O) groups is 1. The molecule has 0 fully saturated rings. The number of hydrogen-bond acceptors (Lipinski definition) is 4. The van der Waals surface area contributed by atoms with Gasteiger partial charge in [-0.05, 0) is 63.5 Å². The van der Waals surface area contributed by atoms with Gasteiger partial charge in [0.25, 0.3) is 5.91 Å². The molecule has 0 aliphatic rings. The van der Waals surface area contributed by atoms with Gasteiger partial charge in [-0.3, -0.25) is 9.69 Å². The Hall–Kier alpha value is -1.80. The van der Waals surface area contributed by atoms with Crippen molar-refractivity contribution in [3.8, 4) is 0 Å². The zero-order valence-corrected chi connectivity index (χ0v) is 17.7. The number of halogens is 4. The van der Waals surface area contributed by atoms with E-state index in [-0.39, 0.29) is 34.7 Å². The fourth-order valence-electron chi connectivity index (χ4n) is 2.64. The molecular weight excluding hydrogens is 427 g/mol. The lowest BCUT2D eigenvalue weighted by atomic mass is 10.2. The van der Waals surface area contributed by atoms with Crippen LogP contribution in [0.25, 0.3) is 10.2 Å². The summed E-state index contributed by atoms with van der Waals surface area (Å²) >= 11 is 7.31. The van der Waals surface area contributed by atoms with Crippen molar-refractivity contribution in [2.75, 3.05) is 32.1 Å². The van der Waals surface area contributed by atoms with Crippen LogP contribution < -0.4 is 4.90 Å². The number of hydrogen-bond donors (Lipinski definition) is 0. The SMILES string of the molecule is CN(C)CCCN(C(=O)c1ccc(F)cc1Cl)c1nc2ccc(F)cc2s1.Cl. The zero-order chi connectivity index (χ0) is 19.6. The van der Waals surface area contributed by atoms with Gasteiger partial charge in [0, 0.05) is 6.54 Å². The number of rotatable bonds is 6. The minimum absolute atomic E-state index is 0. The molecule has 28 heavy (non-hydrogen) atoms. The fourth-order valence-corrected chi connectivity index (χ4v) is 3.90. The summed E-state index contributed by atoms with van der Waals surface area (Å²) in [5.41, 5.74) is 0.820. The molecule has 0 aliphatic heterocycles. The standard InChI is InChI=1S/C19H18ClF2N3OS.ClH/c1-24(2)8-3-9-25(18(26)14-6-4-12(21)10-15(14)20)19-23-16-7-5-13(22)11-17(16)27-19;/h4-7,10-11H,3,8-9H2,1-2H3;1H. The maximum absolute atomic E-state index is 13.5. The third-order valence-corrected chi connectivity index (χ3v) is 5.32. The van der Waals surface area contributed by atoms with E-state index in [4.69, 9.17) is 11.6 Å². The molecule has 2 aromatic carbocycles. The third-order valence-electron chi connectivity index (χ3n) is 3.96. The molecule has 0 saturated carbocycles. The van der Waals surface area contributed by atoms with Gasteiger partial charge in [-0.25, -0.2) is 13.8 Å². The van der Waals surface area contributed by atoms with Crippen molar-refractivity contribution in [1.82, 2.24) is 9.88 Å². The predicted molar refractivity (Wildman–Crippen MR) is 113 cm³/mol. The normalized spacial score (nSPS) is 10.9. The highest BCUT2D eigenvalue weighted by Gasteiger charge is 2.23. The Morgan fingerprint density at radius 1 is 1.11 bits per heavy atom. The summed E-state index contributed by atoms with van der Waals surface area (Å²) in [7, 11) is 3.90. The molecule has 4 nitrogen and oxygen atoms in total. The van der Waals surface area contributed by atoms with E-state index in [0.717, 1.165) is 12.6 Å². The third kappa shape index (κ3) is 5.17. The first kappa shape index (κ1) is 22.5. The Balaban J connectivity index is 0.00000280. The Bertz CT molecular complexity index is 981. The van der Waals surface area contributed by atoms with Crippen molar-refractivity contribution in [1.29, 1.82) is 0 Å². The second-order valence-electron chi connectivity index (χ2n) is 6.35. The van der Waals surface area contributed by atoms with Crippen molar-refractivity contribution in [3.63, 3.8) is 0 Å². The molecule has 1 aromatic heterocycles. The summed E-state index contributed by atoms with van der Waals surface area (Å²) in [6, 6.07) is 7.99. The van der Waals surface area contributed by atoms with E-state index < -0.39 is 5.82 Å². The minimum Gasteiger partial charge on any atom is -0.309 e. The maximum Gasteiger partial charge on any atom is 0.261 e. The summed E-state index contributed by atoms with van der Waals surface area (Å²) in [6.45, 7) is 1.19. The monoisotopic (exact) mass is 445 g/mol. The lowest BCUT2D eigenvalue weighted by Gasteiger charge is -2.21. The number of amides is 1. The second kappa shape index (κ2) is 9.60. The molecule has 3 rings (SSSR count). The van der Waals surface area contributed by atoms with Crippen LogP contribution in [0.4, 0.5) is 13.9 Å². The highest BCUT2D eigenvalue weighted by atomic mass is 35.5. The Kier molecular flexibility index (Phi) is 7.71. The molecule has 9 heteroatoms. The van der Waals surface area contributed by atoms with Crippen molar-refractivity contribution in [2.24, 2.45) is 0 Å². The molecule has 3 aromatic rings. The number of fused-ring (bicyclic) bond motifs is 1. The topological polar surface area (TPSA) is 36.4 Å². The molecular formula is C19H19Cl2F2N3OS. The first-order valence-electron chi connectivity index (χ1n) is 8.33. The van der Waals surface area contributed by atoms with E-state index in [9.17, 15) is 13.6 Å². The molecule has 0 spiro atoms. The number of thiazole rings is 1. The van der Waals surface area contributed by atoms with Crippen molar-refractivity contribution in [2.45, 2.75) is 6.42 Å².